The Hall–Kier alpha value is -3.46. The van der Waals surface area contributed by atoms with Gasteiger partial charge in [-0.25, -0.2) is 19.2 Å². The van der Waals surface area contributed by atoms with Crippen LogP contribution in [0.15, 0.2) is 36.7 Å². The summed E-state index contributed by atoms with van der Waals surface area (Å²) in [5.74, 6) is -0.413. The molecule has 8 nitrogen and oxygen atoms in total. The molecule has 0 bridgehead atoms. The first-order chi connectivity index (χ1) is 17.0. The first kappa shape index (κ1) is 24.2. The van der Waals surface area contributed by atoms with Crippen molar-refractivity contribution in [1.82, 2.24) is 24.6 Å². The molecule has 0 N–H and O–H groups in total. The Kier molecular flexibility index (Phi) is 5.98. The summed E-state index contributed by atoms with van der Waals surface area (Å²) in [7, 11) is 1.75. The van der Waals surface area contributed by atoms with Gasteiger partial charge in [0.25, 0.3) is 0 Å². The molecule has 1 aliphatic heterocycles. The van der Waals surface area contributed by atoms with E-state index in [-0.39, 0.29) is 12.1 Å². The standard InChI is InChI=1S/C26H28ClFN6O2/c1-15-13-33(6-7-34(15)25(35)36-26(2,3)4)18-10-19-20(27)11-22(30-24(19)29-12-18)16-8-17-14-32(5)31-23(17)21(28)9-16/h8-12,14-15H,6-7,13H2,1-5H3/t15-/m1/s1. The lowest BCUT2D eigenvalue weighted by Gasteiger charge is -2.41. The van der Waals surface area contributed by atoms with Crippen molar-refractivity contribution in [2.24, 2.45) is 7.05 Å². The number of rotatable bonds is 2. The van der Waals surface area contributed by atoms with Crippen LogP contribution in [0, 0.1) is 5.82 Å². The van der Waals surface area contributed by atoms with Gasteiger partial charge in [0.05, 0.1) is 22.6 Å². The zero-order valence-corrected chi connectivity index (χ0v) is 21.7. The molecule has 3 aromatic heterocycles. The highest BCUT2D eigenvalue weighted by Gasteiger charge is 2.31. The van der Waals surface area contributed by atoms with E-state index in [0.717, 1.165) is 5.69 Å². The van der Waals surface area contributed by atoms with Crippen LogP contribution in [-0.2, 0) is 11.8 Å². The summed E-state index contributed by atoms with van der Waals surface area (Å²) in [6.45, 7) is 9.42. The largest absolute Gasteiger partial charge is 0.444 e. The van der Waals surface area contributed by atoms with Crippen LogP contribution in [0.4, 0.5) is 14.9 Å². The molecule has 10 heteroatoms. The fourth-order valence-corrected chi connectivity index (χ4v) is 4.76. The average molecular weight is 511 g/mol. The first-order valence-corrected chi connectivity index (χ1v) is 12.2. The average Bonchev–Trinajstić information content (AvgIpc) is 3.18. The number of fused-ring (bicyclic) bond motifs is 2. The fourth-order valence-electron chi connectivity index (χ4n) is 4.52. The number of hydrogen-bond acceptors (Lipinski definition) is 6. The fraction of sp³-hybridized carbons (Fsp3) is 0.385. The molecule has 0 radical (unpaired) electrons. The van der Waals surface area contributed by atoms with Gasteiger partial charge < -0.3 is 14.5 Å². The number of ether oxygens (including phenoxy) is 1. The minimum absolute atomic E-state index is 0.0300. The Labute approximate surface area is 213 Å². The second-order valence-corrected chi connectivity index (χ2v) is 10.6. The number of halogens is 2. The molecule has 1 aromatic carbocycles. The van der Waals surface area contributed by atoms with Crippen LogP contribution in [0.1, 0.15) is 27.7 Å². The highest BCUT2D eigenvalue weighted by atomic mass is 35.5. The summed E-state index contributed by atoms with van der Waals surface area (Å²) in [5.41, 5.74) is 2.31. The van der Waals surface area contributed by atoms with Gasteiger partial charge in [0.2, 0.25) is 0 Å². The van der Waals surface area contributed by atoms with Gasteiger partial charge >= 0.3 is 6.09 Å². The van der Waals surface area contributed by atoms with Crippen molar-refractivity contribution in [3.63, 3.8) is 0 Å². The lowest BCUT2D eigenvalue weighted by molar-refractivity contribution is 0.0159. The van der Waals surface area contributed by atoms with E-state index < -0.39 is 11.4 Å². The van der Waals surface area contributed by atoms with Crippen molar-refractivity contribution >= 4 is 45.3 Å². The van der Waals surface area contributed by atoms with Gasteiger partial charge in [-0.05, 0) is 52.0 Å². The molecule has 36 heavy (non-hydrogen) atoms. The topological polar surface area (TPSA) is 76.4 Å². The summed E-state index contributed by atoms with van der Waals surface area (Å²) >= 11 is 6.66. The number of benzene rings is 1. The molecular weight excluding hydrogens is 483 g/mol. The number of carbonyl (C=O) groups is 1. The van der Waals surface area contributed by atoms with E-state index in [1.54, 1.807) is 35.1 Å². The normalized spacial score (nSPS) is 16.7. The van der Waals surface area contributed by atoms with Crippen LogP contribution in [0.2, 0.25) is 5.02 Å². The lowest BCUT2D eigenvalue weighted by atomic mass is 10.1. The lowest BCUT2D eigenvalue weighted by Crippen LogP contribution is -2.55. The zero-order valence-electron chi connectivity index (χ0n) is 20.9. The molecule has 0 saturated carbocycles. The van der Waals surface area contributed by atoms with Gasteiger partial charge in [0.15, 0.2) is 11.5 Å². The number of hydrogen-bond donors (Lipinski definition) is 0. The number of amides is 1. The van der Waals surface area contributed by atoms with Crippen LogP contribution in [0.25, 0.3) is 33.2 Å². The maximum Gasteiger partial charge on any atom is 0.410 e. The van der Waals surface area contributed by atoms with Gasteiger partial charge in [-0.3, -0.25) is 4.68 Å². The number of nitrogens with zero attached hydrogens (tertiary/aromatic N) is 6. The van der Waals surface area contributed by atoms with Crippen molar-refractivity contribution in [2.75, 3.05) is 24.5 Å². The number of carbonyl (C=O) groups excluding carboxylic acids is 1. The summed E-state index contributed by atoms with van der Waals surface area (Å²) in [6, 6.07) is 6.92. The van der Waals surface area contributed by atoms with Gasteiger partial charge in [0, 0.05) is 55.3 Å². The number of aromatic nitrogens is 4. The van der Waals surface area contributed by atoms with E-state index in [9.17, 15) is 9.18 Å². The molecular formula is C26H28ClFN6O2. The minimum atomic E-state index is -0.533. The predicted molar refractivity (Wildman–Crippen MR) is 139 cm³/mol. The van der Waals surface area contributed by atoms with E-state index in [0.29, 0.717) is 57.9 Å². The number of piperazine rings is 1. The maximum atomic E-state index is 14.6. The van der Waals surface area contributed by atoms with Crippen LogP contribution in [-0.4, -0.2) is 62.0 Å². The van der Waals surface area contributed by atoms with Crippen molar-refractivity contribution in [2.45, 2.75) is 39.3 Å². The number of pyridine rings is 2. The third kappa shape index (κ3) is 4.67. The third-order valence-corrected chi connectivity index (χ3v) is 6.50. The molecule has 5 rings (SSSR count). The number of aryl methyl sites for hydroxylation is 1. The molecule has 188 valence electrons. The molecule has 1 amide bonds. The third-order valence-electron chi connectivity index (χ3n) is 6.19. The Morgan fingerprint density at radius 1 is 1.19 bits per heavy atom. The van der Waals surface area contributed by atoms with E-state index >= 15 is 0 Å². The summed E-state index contributed by atoms with van der Waals surface area (Å²) in [5, 5.41) is 6.04. The Morgan fingerprint density at radius 3 is 2.69 bits per heavy atom. The van der Waals surface area contributed by atoms with Crippen LogP contribution in [0.3, 0.4) is 0 Å². The van der Waals surface area contributed by atoms with Gasteiger partial charge in [0.1, 0.15) is 11.1 Å². The van der Waals surface area contributed by atoms with Crippen molar-refractivity contribution in [1.29, 1.82) is 0 Å². The molecule has 4 heterocycles. The molecule has 0 aliphatic carbocycles. The van der Waals surface area contributed by atoms with Crippen LogP contribution in [0.5, 0.6) is 0 Å². The van der Waals surface area contributed by atoms with E-state index in [1.165, 1.54) is 6.07 Å². The Balaban J connectivity index is 1.40. The van der Waals surface area contributed by atoms with Gasteiger partial charge in [-0.15, -0.1) is 0 Å². The van der Waals surface area contributed by atoms with E-state index in [2.05, 4.69) is 20.0 Å². The second kappa shape index (κ2) is 8.89. The quantitative estimate of drug-likeness (QED) is 0.358. The van der Waals surface area contributed by atoms with Crippen LogP contribution < -0.4 is 4.90 Å². The predicted octanol–water partition coefficient (Wildman–Crippen LogP) is 5.42. The monoisotopic (exact) mass is 510 g/mol. The molecule has 1 saturated heterocycles. The molecule has 0 spiro atoms. The Morgan fingerprint density at radius 2 is 1.97 bits per heavy atom. The van der Waals surface area contributed by atoms with Crippen molar-refractivity contribution < 1.29 is 13.9 Å². The first-order valence-electron chi connectivity index (χ1n) is 11.8. The van der Waals surface area contributed by atoms with E-state index in [4.69, 9.17) is 16.3 Å². The van der Waals surface area contributed by atoms with Crippen LogP contribution >= 0.6 is 11.6 Å². The summed E-state index contributed by atoms with van der Waals surface area (Å²) in [6.07, 6.45) is 3.22. The van der Waals surface area contributed by atoms with Crippen molar-refractivity contribution in [3.8, 4) is 11.3 Å². The van der Waals surface area contributed by atoms with Crippen molar-refractivity contribution in [3.05, 3.63) is 47.5 Å². The molecule has 0 unspecified atom stereocenters. The molecule has 1 aliphatic rings. The molecule has 4 aromatic rings. The highest BCUT2D eigenvalue weighted by Crippen LogP contribution is 2.32. The summed E-state index contributed by atoms with van der Waals surface area (Å²) < 4.78 is 21.7. The SMILES string of the molecule is C[C@@H]1CN(c2cnc3nc(-c4cc(F)c5nn(C)cc5c4)cc(Cl)c3c2)CCN1C(=O)OC(C)(C)C. The second-order valence-electron chi connectivity index (χ2n) is 10.2. The number of anilines is 1. The van der Waals surface area contributed by atoms with Gasteiger partial charge in [-0.2, -0.15) is 5.10 Å². The summed E-state index contributed by atoms with van der Waals surface area (Å²) in [4.78, 5) is 25.7. The zero-order chi connectivity index (χ0) is 25.8. The van der Waals surface area contributed by atoms with Gasteiger partial charge in [-0.1, -0.05) is 11.6 Å². The molecule has 1 atom stereocenters. The maximum absolute atomic E-state index is 14.6. The molecule has 1 fully saturated rings. The Bertz CT molecular complexity index is 1480. The smallest absolute Gasteiger partial charge is 0.410 e. The minimum Gasteiger partial charge on any atom is -0.444 e. The highest BCUT2D eigenvalue weighted by molar-refractivity contribution is 6.35. The van der Waals surface area contributed by atoms with E-state index in [1.807, 2.05) is 39.8 Å².